The molecule has 21 heteroatoms. The molecule has 0 aliphatic heterocycles. The Morgan fingerprint density at radius 3 is 2.23 bits per heavy atom. The summed E-state index contributed by atoms with van der Waals surface area (Å²) in [5.74, 6) is 0.643. The van der Waals surface area contributed by atoms with E-state index in [-0.39, 0.29) is 23.0 Å². The molecule has 0 spiro atoms. The molecule has 1 amide bonds. The average Bonchev–Trinajstić information content (AvgIpc) is 3.75. The van der Waals surface area contributed by atoms with Gasteiger partial charge in [-0.15, -0.1) is 11.3 Å². The molecule has 5 rings (SSSR count). The summed E-state index contributed by atoms with van der Waals surface area (Å²) in [5.41, 5.74) is 1.48. The number of carbonyl (C=O) groups excluding carboxylic acids is 1. The van der Waals surface area contributed by atoms with Crippen molar-refractivity contribution in [3.8, 4) is 29.1 Å². The molecule has 5 aromatic rings. The zero-order valence-electron chi connectivity index (χ0n) is 35.9. The highest BCUT2D eigenvalue weighted by Crippen LogP contribution is 2.38. The van der Waals surface area contributed by atoms with E-state index in [0.717, 1.165) is 91.1 Å². The van der Waals surface area contributed by atoms with Gasteiger partial charge in [0, 0.05) is 36.7 Å². The number of carbonyl (C=O) groups is 1. The summed E-state index contributed by atoms with van der Waals surface area (Å²) in [6.45, 7) is 4.28. The molecular formula is C44H51FN5O12PS2. The number of ether oxygens (including phenoxy) is 4. The molecule has 0 aliphatic rings. The Morgan fingerprint density at radius 1 is 0.877 bits per heavy atom. The molecule has 0 aliphatic carbocycles. The first kappa shape index (κ1) is 50.2. The number of aliphatic imine (C=N–C) groups is 1. The van der Waals surface area contributed by atoms with Crippen LogP contribution in [0.3, 0.4) is 0 Å². The van der Waals surface area contributed by atoms with Crippen molar-refractivity contribution in [1.82, 2.24) is 10.0 Å². The molecule has 1 aromatic heterocycles. The first-order valence-corrected chi connectivity index (χ1v) is 24.5. The molecule has 1 heterocycles. The number of benzene rings is 4. The predicted octanol–water partition coefficient (Wildman–Crippen LogP) is 5.72. The largest absolute Gasteiger partial charge is 0.768 e. The van der Waals surface area contributed by atoms with E-state index in [1.165, 1.54) is 17.4 Å². The van der Waals surface area contributed by atoms with E-state index in [4.69, 9.17) is 38.5 Å². The molecule has 0 radical (unpaired) electrons. The summed E-state index contributed by atoms with van der Waals surface area (Å²) in [6.07, 6.45) is 2.84. The number of nitriles is 1. The lowest BCUT2D eigenvalue weighted by atomic mass is 10.2. The van der Waals surface area contributed by atoms with Gasteiger partial charge in [0.25, 0.3) is 10.0 Å². The van der Waals surface area contributed by atoms with Crippen LogP contribution >= 0.6 is 18.9 Å². The van der Waals surface area contributed by atoms with Crippen LogP contribution in [0.25, 0.3) is 10.1 Å². The number of thiophene rings is 1. The summed E-state index contributed by atoms with van der Waals surface area (Å²) in [4.78, 5) is 40.7. The number of hydrogen-bond donors (Lipinski definition) is 3. The number of nitrogens with zero attached hydrogens (tertiary/aromatic N) is 2. The van der Waals surface area contributed by atoms with Gasteiger partial charge >= 0.3 is 6.09 Å². The lowest BCUT2D eigenvalue weighted by molar-refractivity contribution is -0.900. The zero-order valence-corrected chi connectivity index (χ0v) is 38.4. The van der Waals surface area contributed by atoms with Crippen LogP contribution in [0, 0.1) is 17.1 Å². The van der Waals surface area contributed by atoms with Gasteiger partial charge in [0.1, 0.15) is 52.3 Å². The minimum absolute atomic E-state index is 0.119. The monoisotopic (exact) mass is 955 g/mol. The van der Waals surface area contributed by atoms with Crippen LogP contribution < -0.4 is 38.6 Å². The van der Waals surface area contributed by atoms with Gasteiger partial charge in [-0.25, -0.2) is 22.3 Å². The van der Waals surface area contributed by atoms with Crippen LogP contribution in [0.4, 0.5) is 9.18 Å². The molecule has 0 bridgehead atoms. The minimum Gasteiger partial charge on any atom is -0.768 e. The number of fused-ring (bicyclic) bond motifs is 1. The average molecular weight is 956 g/mol. The molecule has 0 saturated heterocycles. The number of sulfonamides is 1. The van der Waals surface area contributed by atoms with Crippen molar-refractivity contribution in [2.75, 3.05) is 59.8 Å². The van der Waals surface area contributed by atoms with Crippen molar-refractivity contribution in [3.63, 3.8) is 0 Å². The third kappa shape index (κ3) is 17.3. The van der Waals surface area contributed by atoms with Crippen molar-refractivity contribution in [1.29, 1.82) is 5.26 Å². The first-order chi connectivity index (χ1) is 31.4. The number of quaternary nitrogens is 1. The molecule has 0 fully saturated rings. The fourth-order valence-corrected chi connectivity index (χ4v) is 10.0. The van der Waals surface area contributed by atoms with Gasteiger partial charge in [0.15, 0.2) is 7.60 Å². The fraction of sp³-hybridized carbons (Fsp3) is 0.341. The van der Waals surface area contributed by atoms with Crippen molar-refractivity contribution >= 4 is 51.5 Å². The molecule has 0 saturated carbocycles. The molecule has 3 N–H and O–H groups in total. The summed E-state index contributed by atoms with van der Waals surface area (Å²) in [7, 11) is -5.92. The Balaban J connectivity index is 1.06. The van der Waals surface area contributed by atoms with Crippen LogP contribution in [0.5, 0.6) is 23.0 Å². The van der Waals surface area contributed by atoms with Crippen molar-refractivity contribution in [2.45, 2.75) is 43.1 Å². The fourth-order valence-electron chi connectivity index (χ4n) is 6.15. The molecule has 2 atom stereocenters. The molecule has 65 heavy (non-hydrogen) atoms. The Kier molecular flexibility index (Phi) is 19.8. The molecule has 348 valence electrons. The standard InChI is InChI=1S/C44H51FN5O12PS2/c1-56-37-12-7-33(8-13-37)29-59-44(51)48-20-3-4-21-50(22-5-19-47-31-61-60-30-34-9-14-38(57-2)15-10-34)23-6-24-58-39-17-18-42-36(25-39)26-43(64-42)65(54,55)49-32-63(52,53)62-40-16-11-35(28-46)41(45)27-40/h7-18,25-27,31,49H,3-6,19-24,29-30,32H2,1-2H3,(H,48,51)(H,52,53). The lowest BCUT2D eigenvalue weighted by Gasteiger charge is -2.24. The number of hydrogen-bond acceptors (Lipinski definition) is 15. The van der Waals surface area contributed by atoms with Crippen LogP contribution in [0.1, 0.15) is 42.4 Å². The first-order valence-electron chi connectivity index (χ1n) is 20.5. The van der Waals surface area contributed by atoms with Crippen LogP contribution in [0.15, 0.2) is 100 Å². The van der Waals surface area contributed by atoms with Gasteiger partial charge in [0.2, 0.25) is 6.40 Å². The van der Waals surface area contributed by atoms with Gasteiger partial charge in [0.05, 0.1) is 52.3 Å². The molecule has 2 unspecified atom stereocenters. The van der Waals surface area contributed by atoms with E-state index < -0.39 is 41.6 Å². The maximum absolute atomic E-state index is 13.9. The second kappa shape index (κ2) is 25.6. The van der Waals surface area contributed by atoms with E-state index in [1.54, 1.807) is 50.6 Å². The number of rotatable bonds is 28. The predicted molar refractivity (Wildman–Crippen MR) is 239 cm³/mol. The third-order valence-electron chi connectivity index (χ3n) is 9.57. The van der Waals surface area contributed by atoms with Crippen LogP contribution in [-0.2, 0) is 42.3 Å². The van der Waals surface area contributed by atoms with Crippen molar-refractivity contribution < 1.29 is 65.2 Å². The topological polar surface area (TPSA) is 221 Å². The van der Waals surface area contributed by atoms with Crippen LogP contribution in [-0.4, -0.2) is 80.7 Å². The maximum Gasteiger partial charge on any atom is 0.407 e. The highest BCUT2D eigenvalue weighted by Gasteiger charge is 2.22. The van der Waals surface area contributed by atoms with Gasteiger partial charge in [-0.3, -0.25) is 9.56 Å². The quantitative estimate of drug-likeness (QED) is 0.0137. The molecular weight excluding hydrogens is 905 g/mol. The van der Waals surface area contributed by atoms with Gasteiger partial charge in [-0.1, -0.05) is 24.3 Å². The molecule has 4 aromatic carbocycles. The Hall–Kier alpha value is -5.78. The van der Waals surface area contributed by atoms with Gasteiger partial charge < -0.3 is 43.5 Å². The number of halogens is 1. The summed E-state index contributed by atoms with van der Waals surface area (Å²) < 4.78 is 81.6. The van der Waals surface area contributed by atoms with E-state index in [0.29, 0.717) is 42.0 Å². The van der Waals surface area contributed by atoms with Gasteiger partial charge in [-0.05, 0) is 90.0 Å². The van der Waals surface area contributed by atoms with E-state index >= 15 is 0 Å². The van der Waals surface area contributed by atoms with Crippen molar-refractivity contribution in [2.24, 2.45) is 4.99 Å². The highest BCUT2D eigenvalue weighted by atomic mass is 32.2. The van der Waals surface area contributed by atoms with E-state index in [1.807, 2.05) is 41.1 Å². The number of unbranched alkanes of at least 4 members (excludes halogenated alkanes) is 1. The molecule has 17 nitrogen and oxygen atoms in total. The van der Waals surface area contributed by atoms with E-state index in [2.05, 4.69) is 10.3 Å². The number of nitrogens with one attached hydrogen (secondary N) is 3. The number of alkyl carbamates (subject to hydrolysis) is 1. The summed E-state index contributed by atoms with van der Waals surface area (Å²) in [5, 5.41) is 12.3. The minimum atomic E-state index is -4.84. The Bertz CT molecular complexity index is 2520. The number of methoxy groups -OCH3 is 2. The lowest BCUT2D eigenvalue weighted by Crippen LogP contribution is -3.12. The van der Waals surface area contributed by atoms with E-state index in [9.17, 15) is 27.1 Å². The second-order valence-electron chi connectivity index (χ2n) is 14.4. The highest BCUT2D eigenvalue weighted by molar-refractivity contribution is 7.92. The van der Waals surface area contributed by atoms with Crippen molar-refractivity contribution in [3.05, 3.63) is 114 Å². The van der Waals surface area contributed by atoms with Crippen LogP contribution in [0.2, 0.25) is 0 Å². The second-order valence-corrected chi connectivity index (χ2v) is 19.2. The SMILES string of the molecule is COc1ccc(COOC=NCCC[NH+](CCCCNC(=O)OCc2ccc(OC)cc2)CCCOc2ccc3sc(S(=O)(=O)NCP(=O)([O-])Oc4ccc(C#N)c(F)c4)cc3c2)cc1. The number of amides is 1. The third-order valence-corrected chi connectivity index (χ3v) is 13.8. The van der Waals surface area contributed by atoms with Gasteiger partial charge in [-0.2, -0.15) is 10.1 Å². The summed E-state index contributed by atoms with van der Waals surface area (Å²) in [6, 6.07) is 25.8. The zero-order chi connectivity index (χ0) is 46.5. The smallest absolute Gasteiger partial charge is 0.407 e. The normalized spacial score (nSPS) is 12.8. The maximum atomic E-state index is 13.9. The Morgan fingerprint density at radius 2 is 1.54 bits per heavy atom. The summed E-state index contributed by atoms with van der Waals surface area (Å²) >= 11 is 0.951. The Labute approximate surface area is 381 Å².